The van der Waals surface area contributed by atoms with Crippen LogP contribution in [0.25, 0.3) is 89.7 Å². The van der Waals surface area contributed by atoms with Crippen LogP contribution in [0.1, 0.15) is 78.6 Å². The van der Waals surface area contributed by atoms with Gasteiger partial charge >= 0.3 is 81.4 Å². The summed E-state index contributed by atoms with van der Waals surface area (Å²) in [7, 11) is -34.4. The summed E-state index contributed by atoms with van der Waals surface area (Å²) >= 11 is -2.59. The number of carbonyl (C=O) groups is 1. The van der Waals surface area contributed by atoms with Gasteiger partial charge in [0.25, 0.3) is 0 Å². The minimum atomic E-state index is -4.46. The number of rotatable bonds is 33. The Morgan fingerprint density at radius 1 is 0.432 bits per heavy atom. The van der Waals surface area contributed by atoms with Gasteiger partial charge in [0.2, 0.25) is 20.0 Å². The number of nitriles is 4. The van der Waals surface area contributed by atoms with Gasteiger partial charge in [-0.25, -0.2) is 128 Å². The molecular weight excluding hydrogens is 2200 g/mol. The van der Waals surface area contributed by atoms with E-state index in [2.05, 4.69) is 68.7 Å². The molecule has 2 aliphatic heterocycles. The Morgan fingerprint density at radius 3 is 0.980 bits per heavy atom. The van der Waals surface area contributed by atoms with Gasteiger partial charge in [0.05, 0.1) is 127 Å². The van der Waals surface area contributed by atoms with Gasteiger partial charge in [0.15, 0.2) is 52.8 Å². The third-order valence-corrected chi connectivity index (χ3v) is 33.4. The normalized spacial score (nSPS) is 12.2. The van der Waals surface area contributed by atoms with E-state index in [0.29, 0.717) is 41.0 Å². The van der Waals surface area contributed by atoms with Crippen LogP contribution in [-0.2, 0) is 157 Å². The first-order valence-electron chi connectivity index (χ1n) is 41.1. The molecule has 0 saturated carbocycles. The van der Waals surface area contributed by atoms with Crippen molar-refractivity contribution >= 4 is 172 Å². The molecule has 4 atom stereocenters. The molecule has 7 aromatic carbocycles. The van der Waals surface area contributed by atoms with Crippen LogP contribution >= 0.6 is 0 Å². The topological polar surface area (TPSA) is 787 Å². The average molecular weight is 2300 g/mol. The first kappa shape index (κ1) is 142. The third-order valence-electron chi connectivity index (χ3n) is 18.6. The number of nitrogens with zero attached hydrogens (tertiary/aromatic N) is 12. The third kappa shape index (κ3) is 49.6. The molecule has 148 heavy (non-hydrogen) atoms. The first-order chi connectivity index (χ1) is 66.0. The maximum absolute atomic E-state index is 12.2. The zero-order chi connectivity index (χ0) is 107. The number of nitrogens with one attached hydrogen (secondary N) is 2. The van der Waals surface area contributed by atoms with Crippen molar-refractivity contribution in [3.8, 4) is 69.8 Å². The smallest absolute Gasteiger partial charge is 0.772 e. The van der Waals surface area contributed by atoms with E-state index < -0.39 is 192 Å². The molecule has 5 heterocycles. The van der Waals surface area contributed by atoms with E-state index in [4.69, 9.17) is 66.3 Å². The summed E-state index contributed by atoms with van der Waals surface area (Å²) in [6.07, 6.45) is 1.66. The maximum atomic E-state index is 12.2. The second-order valence-electron chi connectivity index (χ2n) is 30.5. The zero-order valence-corrected chi connectivity index (χ0v) is 92.5. The van der Waals surface area contributed by atoms with Crippen LogP contribution in [0.15, 0.2) is 174 Å². The summed E-state index contributed by atoms with van der Waals surface area (Å²) in [4.78, 5) is 45.0. The number of benzene rings is 7. The Hall–Kier alpha value is -8.36. The SMILES string of the molecule is CC(O)CNS(=O)(=O)CCCS(=O)(=O)c1ccc(C#N)c(C#N)c1.CC(O)CNS(=O)(=O)CCCS(C)=O.CS(=O)(=O)CCCS(=O)(=O)[O-].CS(=O)(=O)CCCS(=O)(=O)[O-].Cn1c2nc3nc(nc4c5ccccc5c(nc5nc(nc1c1ccccc12)-c1ccccc1-5)n4C)-c1ccccc1-3.N#Cc1ccc(S(=O)(=O)CCCS(=O)(=O)[O-])cc1C#N.NOC(=O)c1ccccc1.O=S([O-])CS(=O)(=O)CCO.[CH3-].[Cu].[Li+].[Li+].[Li+].[Li+]. The molecule has 8 bridgehead atoms. The number of sulfonamides is 2. The van der Waals surface area contributed by atoms with Gasteiger partial charge in [-0.2, -0.15) is 26.9 Å². The molecule has 0 saturated heterocycles. The Kier molecular flexibility index (Phi) is 61.8. The summed E-state index contributed by atoms with van der Waals surface area (Å²) in [5.41, 5.74) is 7.34. The van der Waals surface area contributed by atoms with E-state index in [1.54, 1.807) is 48.5 Å². The zero-order valence-electron chi connectivity index (χ0n) is 81.8. The summed E-state index contributed by atoms with van der Waals surface area (Å²) in [6, 6.07) is 55.2. The second kappa shape index (κ2) is 64.6. The molecule has 3 aromatic heterocycles. The molecule has 0 amide bonds. The van der Waals surface area contributed by atoms with Gasteiger partial charge in [-0.15, -0.1) is 0 Å². The van der Waals surface area contributed by atoms with Crippen LogP contribution in [0.4, 0.5) is 0 Å². The van der Waals surface area contributed by atoms with Gasteiger partial charge in [-0.05, 0) is 106 Å². The molecule has 7 N–H and O–H groups in total. The number of hydrogen-bond acceptors (Lipinski definition) is 42. The standard InChI is InChI=1S/C34H22N8.C14H17N3O5S2.C11H10N2O5S2.C7H17NO4S2.C7H7NO2.2C4H10O5S2.C3H8O5S2.CH3.Cu.4Li/c1-41-31-23-15-7-8-16-24(23)32(41)38-28-20-12-4-6-14-22(20)30(36-28)40-34-26-18-10-9-17-25(26)33(42(34)2)39-29-21-13-5-3-11-19(21)27(35-29)37-31;1-11(18)10-17-24(21,22)6-2-5-23(19,20)14-4-3-12(8-15)13(7-14)9-16;12-7-9-2-3-11(6-10(9)8-13)19(14,15)4-1-5-20(16,17)18;1-7(9)6-8-14(11,12)5-3-4-13(2)10;8-10-7(9)6-4-2-1-3-5-6;2*1-10(5,6)3-2-4-11(7,8)9;4-1-2-10(7,8)3-9(5)6;;;;;;/h3-18H,1-2H3;3-4,7,11,17-18H,2,5-6,10H2,1H3;2-3,6H,1,4-5H2,(H,16,17,18);7-9H,3-6H2,1-2H3;1-5H,8H2;2*2-4H2,1H3,(H,7,8,9);4H,1-3H2,(H,5,6);1H3;;;;;/q;;;;;;;;-1;;4*+1/p-4. The fourth-order valence-electron chi connectivity index (χ4n) is 12.1. The number of aliphatic hydroxyl groups is 3. The summed E-state index contributed by atoms with van der Waals surface area (Å²) in [5.74, 6) is 2.63. The van der Waals surface area contributed by atoms with Crippen molar-refractivity contribution in [3.63, 3.8) is 0 Å². The number of aromatic nitrogens is 8. The van der Waals surface area contributed by atoms with Crippen molar-refractivity contribution < 1.29 is 228 Å². The molecule has 1 radical (unpaired) electrons. The van der Waals surface area contributed by atoms with Crippen LogP contribution in [0.5, 0.6) is 0 Å². The van der Waals surface area contributed by atoms with E-state index in [1.165, 1.54) is 44.4 Å². The summed E-state index contributed by atoms with van der Waals surface area (Å²) in [6.45, 7) is 2.27. The van der Waals surface area contributed by atoms with E-state index in [1.807, 2.05) is 77.8 Å². The predicted molar refractivity (Wildman–Crippen MR) is 530 cm³/mol. The van der Waals surface area contributed by atoms with Crippen LogP contribution in [0.2, 0.25) is 0 Å². The Labute approximate surface area is 923 Å². The van der Waals surface area contributed by atoms with Crippen molar-refractivity contribution in [2.45, 2.75) is 68.0 Å². The van der Waals surface area contributed by atoms with E-state index in [0.717, 1.165) is 91.0 Å². The minimum absolute atomic E-state index is 0. The van der Waals surface area contributed by atoms with Crippen molar-refractivity contribution in [1.29, 1.82) is 21.0 Å². The maximum Gasteiger partial charge on any atom is 1.00 e. The Morgan fingerprint density at radius 2 is 0.716 bits per heavy atom. The molecule has 0 aliphatic carbocycles. The van der Waals surface area contributed by atoms with Crippen molar-refractivity contribution in [2.24, 2.45) is 20.0 Å². The fraction of sp³-hybridized carbons (Fsp3) is 0.341. The number of fused-ring (bicyclic) bond motifs is 20. The van der Waals surface area contributed by atoms with Crippen LogP contribution in [0.3, 0.4) is 0 Å². The van der Waals surface area contributed by atoms with E-state index in [-0.39, 0.29) is 188 Å². The molecule has 12 rings (SSSR count). The molecule has 0 spiro atoms. The minimum Gasteiger partial charge on any atom is -0.772 e. The Bertz CT molecular complexity index is 7450. The van der Waals surface area contributed by atoms with Crippen LogP contribution in [0, 0.1) is 52.8 Å². The van der Waals surface area contributed by atoms with Crippen molar-refractivity contribution in [1.82, 2.24) is 48.5 Å². The summed E-state index contributed by atoms with van der Waals surface area (Å²) in [5, 5.41) is 64.4. The van der Waals surface area contributed by atoms with Gasteiger partial charge < -0.3 is 54.9 Å². The van der Waals surface area contributed by atoms with Gasteiger partial charge in [0, 0.05) is 141 Å². The van der Waals surface area contributed by atoms with Crippen LogP contribution in [-0.4, -0.2) is 290 Å². The molecule has 0 fully saturated rings. The van der Waals surface area contributed by atoms with Gasteiger partial charge in [-0.1, -0.05) is 115 Å². The number of hydrogen-bond donors (Lipinski definition) is 6. The number of nitrogens with two attached hydrogens (primary N) is 1. The summed E-state index contributed by atoms with van der Waals surface area (Å²) < 4.78 is 286. The monoisotopic (exact) mass is 2300 g/mol. The van der Waals surface area contributed by atoms with E-state index >= 15 is 0 Å². The quantitative estimate of drug-likeness (QED) is 0.00731. The fourth-order valence-corrected chi connectivity index (χ4v) is 23.3. The van der Waals surface area contributed by atoms with Crippen molar-refractivity contribution in [2.75, 3.05) is 107 Å². The number of carbonyl (C=O) groups excluding carboxylic acids is 1. The van der Waals surface area contributed by atoms with Crippen LogP contribution < -0.4 is 90.8 Å². The number of aryl methyl sites for hydroxylation is 2. The largest absolute Gasteiger partial charge is 1.00 e. The second-order valence-corrected chi connectivity index (χ2v) is 52.7. The molecule has 10 aromatic rings. The molecular formula is C85H100CuLi4N15O31S12-. The van der Waals surface area contributed by atoms with Gasteiger partial charge in [-0.3, -0.25) is 8.42 Å². The predicted octanol–water partition coefficient (Wildman–Crippen LogP) is -8.68. The molecule has 4 unspecified atom stereocenters. The number of sulfone groups is 5. The molecule has 2 aliphatic rings. The van der Waals surface area contributed by atoms with Gasteiger partial charge in [0.1, 0.15) is 71.6 Å². The number of aliphatic hydroxyl groups excluding tert-OH is 3. The van der Waals surface area contributed by atoms with Crippen molar-refractivity contribution in [3.05, 3.63) is 199 Å². The molecule has 46 nitrogen and oxygen atoms in total. The molecule has 789 valence electrons. The first-order valence-corrected chi connectivity index (χ1v) is 61.3. The molecule has 63 heteroatoms. The Balaban J connectivity index is 0. The van der Waals surface area contributed by atoms with E-state index in [9.17, 15) is 116 Å². The average Bonchev–Trinajstić information content (AvgIpc) is 1.59.